The van der Waals surface area contributed by atoms with Crippen LogP contribution < -0.4 is 4.18 Å². The predicted octanol–water partition coefficient (Wildman–Crippen LogP) is 3.84. The quantitative estimate of drug-likeness (QED) is 0.651. The highest BCUT2D eigenvalue weighted by molar-refractivity contribution is 7.87. The van der Waals surface area contributed by atoms with E-state index < -0.39 is 15.4 Å². The lowest BCUT2D eigenvalue weighted by Crippen LogP contribution is -2.37. The van der Waals surface area contributed by atoms with E-state index in [1.54, 1.807) is 55.1 Å². The lowest BCUT2D eigenvalue weighted by molar-refractivity contribution is 0.0638. The molecule has 1 unspecified atom stereocenters. The molecule has 0 radical (unpaired) electrons. The molecule has 0 N–H and O–H groups in total. The van der Waals surface area contributed by atoms with Gasteiger partial charge in [-0.2, -0.15) is 8.42 Å². The minimum Gasteiger partial charge on any atom is -0.459 e. The van der Waals surface area contributed by atoms with Crippen LogP contribution in [0.25, 0.3) is 0 Å². The fourth-order valence-electron chi connectivity index (χ4n) is 2.27. The van der Waals surface area contributed by atoms with E-state index in [4.69, 9.17) is 8.60 Å². The zero-order valence-corrected chi connectivity index (χ0v) is 16.3. The molecule has 6 nitrogen and oxygen atoms in total. The summed E-state index contributed by atoms with van der Waals surface area (Å²) in [7, 11) is -3.62. The maximum absolute atomic E-state index is 12.7. The van der Waals surface area contributed by atoms with E-state index in [1.807, 2.05) is 13.8 Å². The Morgan fingerprint density at radius 1 is 1.15 bits per heavy atom. The van der Waals surface area contributed by atoms with Gasteiger partial charge >= 0.3 is 10.1 Å². The highest BCUT2D eigenvalue weighted by Crippen LogP contribution is 2.20. The standard InChI is InChI=1S/C19H25NO5S/c1-5-15(4)20(19(21)18-7-6-12-24-18)13-16-8-10-17(11-9-16)25-26(22,23)14(2)3/h6-12,14-15H,5,13H2,1-4H3. The first-order chi connectivity index (χ1) is 12.2. The van der Waals surface area contributed by atoms with Crippen LogP contribution in [0.15, 0.2) is 47.1 Å². The molecule has 0 bridgehead atoms. The lowest BCUT2D eigenvalue weighted by atomic mass is 10.1. The van der Waals surface area contributed by atoms with E-state index in [1.165, 1.54) is 6.26 Å². The van der Waals surface area contributed by atoms with Gasteiger partial charge in [-0.25, -0.2) is 0 Å². The molecule has 2 aromatic rings. The molecule has 0 fully saturated rings. The maximum Gasteiger partial charge on any atom is 0.311 e. The molecule has 1 atom stereocenters. The van der Waals surface area contributed by atoms with Crippen molar-refractivity contribution in [2.45, 2.75) is 52.0 Å². The van der Waals surface area contributed by atoms with E-state index in [-0.39, 0.29) is 17.7 Å². The van der Waals surface area contributed by atoms with Crippen LogP contribution in [0, 0.1) is 0 Å². The number of furan rings is 1. The number of rotatable bonds is 8. The first-order valence-corrected chi connectivity index (χ1v) is 10.1. The van der Waals surface area contributed by atoms with E-state index in [9.17, 15) is 13.2 Å². The minimum absolute atomic E-state index is 0.0323. The SMILES string of the molecule is CCC(C)N(Cc1ccc(OS(=O)(=O)C(C)C)cc1)C(=O)c1ccco1. The Morgan fingerprint density at radius 3 is 2.31 bits per heavy atom. The van der Waals surface area contributed by atoms with Gasteiger partial charge in [-0.3, -0.25) is 4.79 Å². The molecule has 1 heterocycles. The molecule has 26 heavy (non-hydrogen) atoms. The van der Waals surface area contributed by atoms with Crippen molar-refractivity contribution in [1.29, 1.82) is 0 Å². The minimum atomic E-state index is -3.62. The van der Waals surface area contributed by atoms with Gasteiger partial charge in [0, 0.05) is 12.6 Å². The molecule has 0 spiro atoms. The summed E-state index contributed by atoms with van der Waals surface area (Å²) in [5.74, 6) is 0.384. The van der Waals surface area contributed by atoms with Crippen LogP contribution >= 0.6 is 0 Å². The number of hydrogen-bond acceptors (Lipinski definition) is 5. The molecule has 0 aliphatic heterocycles. The van der Waals surface area contributed by atoms with Crippen LogP contribution in [-0.2, 0) is 16.7 Å². The van der Waals surface area contributed by atoms with Crippen molar-refractivity contribution in [3.8, 4) is 5.75 Å². The largest absolute Gasteiger partial charge is 0.459 e. The third kappa shape index (κ3) is 4.88. The van der Waals surface area contributed by atoms with Crippen molar-refractivity contribution in [2.24, 2.45) is 0 Å². The Hall–Kier alpha value is -2.28. The zero-order valence-electron chi connectivity index (χ0n) is 15.5. The molecule has 1 amide bonds. The Labute approximate surface area is 154 Å². The first kappa shape index (κ1) is 20.0. The van der Waals surface area contributed by atoms with Crippen LogP contribution in [0.1, 0.15) is 50.2 Å². The van der Waals surface area contributed by atoms with E-state index in [2.05, 4.69) is 0 Å². The number of carbonyl (C=O) groups excluding carboxylic acids is 1. The fourth-order valence-corrected chi connectivity index (χ4v) is 2.84. The summed E-state index contributed by atoms with van der Waals surface area (Å²) in [5, 5.41) is -0.617. The van der Waals surface area contributed by atoms with Gasteiger partial charge in [0.15, 0.2) is 5.76 Å². The maximum atomic E-state index is 12.7. The predicted molar refractivity (Wildman–Crippen MR) is 99.5 cm³/mol. The lowest BCUT2D eigenvalue weighted by Gasteiger charge is -2.28. The first-order valence-electron chi connectivity index (χ1n) is 8.61. The summed E-state index contributed by atoms with van der Waals surface area (Å²) in [6, 6.07) is 10.1. The average molecular weight is 379 g/mol. The van der Waals surface area contributed by atoms with E-state index in [0.717, 1.165) is 12.0 Å². The number of benzene rings is 1. The summed E-state index contributed by atoms with van der Waals surface area (Å²) < 4.78 is 34.0. The van der Waals surface area contributed by atoms with Crippen LogP contribution in [0.5, 0.6) is 5.75 Å². The van der Waals surface area contributed by atoms with Crippen LogP contribution in [-0.4, -0.2) is 30.5 Å². The Kier molecular flexibility index (Phi) is 6.47. The van der Waals surface area contributed by atoms with Crippen molar-refractivity contribution >= 4 is 16.0 Å². The molecule has 0 aliphatic carbocycles. The average Bonchev–Trinajstić information content (AvgIpc) is 3.14. The van der Waals surface area contributed by atoms with Gasteiger partial charge in [-0.1, -0.05) is 19.1 Å². The van der Waals surface area contributed by atoms with Crippen LogP contribution in [0.2, 0.25) is 0 Å². The van der Waals surface area contributed by atoms with Gasteiger partial charge < -0.3 is 13.5 Å². The smallest absolute Gasteiger partial charge is 0.311 e. The molecule has 7 heteroatoms. The number of hydrogen-bond donors (Lipinski definition) is 0. The summed E-state index contributed by atoms with van der Waals surface area (Å²) >= 11 is 0. The van der Waals surface area contributed by atoms with Gasteiger partial charge in [-0.05, 0) is 57.0 Å². The molecule has 0 saturated heterocycles. The monoisotopic (exact) mass is 379 g/mol. The van der Waals surface area contributed by atoms with Gasteiger partial charge in [0.1, 0.15) is 5.75 Å². The Balaban J connectivity index is 2.15. The molecular weight excluding hydrogens is 354 g/mol. The summed E-state index contributed by atoms with van der Waals surface area (Å²) in [6.07, 6.45) is 2.28. The second-order valence-corrected chi connectivity index (χ2v) is 8.53. The second-order valence-electron chi connectivity index (χ2n) is 6.44. The Morgan fingerprint density at radius 2 is 1.81 bits per heavy atom. The van der Waals surface area contributed by atoms with Crippen molar-refractivity contribution in [3.05, 3.63) is 54.0 Å². The third-order valence-electron chi connectivity index (χ3n) is 4.18. The topological polar surface area (TPSA) is 76.8 Å². The van der Waals surface area contributed by atoms with Crippen LogP contribution in [0.4, 0.5) is 0 Å². The fraction of sp³-hybridized carbons (Fsp3) is 0.421. The molecule has 142 valence electrons. The number of amides is 1. The third-order valence-corrected chi connectivity index (χ3v) is 5.76. The van der Waals surface area contributed by atoms with Gasteiger partial charge in [-0.15, -0.1) is 0 Å². The van der Waals surface area contributed by atoms with Crippen molar-refractivity contribution in [3.63, 3.8) is 0 Å². The summed E-state index contributed by atoms with van der Waals surface area (Å²) in [6.45, 7) is 7.52. The van der Waals surface area contributed by atoms with Crippen molar-refractivity contribution < 1.29 is 21.8 Å². The summed E-state index contributed by atoms with van der Waals surface area (Å²) in [4.78, 5) is 14.4. The molecule has 0 aliphatic rings. The highest BCUT2D eigenvalue weighted by atomic mass is 32.2. The number of carbonyl (C=O) groups is 1. The molecule has 1 aromatic heterocycles. The van der Waals surface area contributed by atoms with E-state index >= 15 is 0 Å². The van der Waals surface area contributed by atoms with E-state index in [0.29, 0.717) is 12.3 Å². The normalized spacial score (nSPS) is 12.8. The van der Waals surface area contributed by atoms with Crippen LogP contribution in [0.3, 0.4) is 0 Å². The van der Waals surface area contributed by atoms with Gasteiger partial charge in [0.25, 0.3) is 5.91 Å². The summed E-state index contributed by atoms with van der Waals surface area (Å²) in [5.41, 5.74) is 0.875. The molecular formula is C19H25NO5S. The second kappa shape index (κ2) is 8.40. The Bertz CT molecular complexity index is 810. The van der Waals surface area contributed by atoms with Gasteiger partial charge in [0.2, 0.25) is 0 Å². The molecule has 1 aromatic carbocycles. The highest BCUT2D eigenvalue weighted by Gasteiger charge is 2.23. The molecule has 2 rings (SSSR count). The molecule has 0 saturated carbocycles. The number of nitrogens with zero attached hydrogens (tertiary/aromatic N) is 1. The van der Waals surface area contributed by atoms with Gasteiger partial charge in [0.05, 0.1) is 11.5 Å². The van der Waals surface area contributed by atoms with Crippen molar-refractivity contribution in [1.82, 2.24) is 4.90 Å². The van der Waals surface area contributed by atoms with Crippen molar-refractivity contribution in [2.75, 3.05) is 0 Å². The zero-order chi connectivity index (χ0) is 19.3.